The number of imidazole rings is 9. The van der Waals surface area contributed by atoms with Crippen molar-refractivity contribution in [3.63, 3.8) is 0 Å². The number of nitrogens with zero attached hydrogens (tertiary/aromatic N) is 29. The number of aromatic nitrogens is 33. The maximum Gasteiger partial charge on any atom is 0.287 e. The van der Waals surface area contributed by atoms with Crippen molar-refractivity contribution in [1.29, 1.82) is 0 Å². The van der Waals surface area contributed by atoms with Gasteiger partial charge in [-0.3, -0.25) is 52.0 Å². The Kier molecular flexibility index (Phi) is 27.3. The topological polar surface area (TPSA) is 507 Å². The van der Waals surface area contributed by atoms with Gasteiger partial charge in [0, 0.05) is 128 Å². The first-order valence-electron chi connectivity index (χ1n) is 41.3. The zero-order chi connectivity index (χ0) is 92.0. The molecule has 0 amide bonds. The second-order valence-corrected chi connectivity index (χ2v) is 32.4. The quantitative estimate of drug-likeness (QED) is 0.0782. The molecule has 20 rings (SSSR count). The summed E-state index contributed by atoms with van der Waals surface area (Å²) in [6.07, 6.45) is 29.5. The molecule has 0 bridgehead atoms. The molecule has 18 aromatic rings. The molecule has 43 heteroatoms. The molecule has 0 fully saturated rings. The van der Waals surface area contributed by atoms with Gasteiger partial charge in [0.1, 0.15) is 34.8 Å². The van der Waals surface area contributed by atoms with Crippen molar-refractivity contribution in [2.45, 2.75) is 213 Å². The number of nitrogens with two attached hydrogens (primary N) is 1. The van der Waals surface area contributed by atoms with Gasteiger partial charge in [0.05, 0.1) is 61.8 Å². The van der Waals surface area contributed by atoms with Gasteiger partial charge >= 0.3 is 0 Å². The average Bonchev–Trinajstić information content (AvgIpc) is 1.62. The van der Waals surface area contributed by atoms with Crippen LogP contribution in [0.3, 0.4) is 0 Å². The Hall–Kier alpha value is -15.4. The number of carbonyl (C=O) groups excluding carboxylic acids is 1. The first-order valence-corrected chi connectivity index (χ1v) is 41.3. The Balaban J connectivity index is 0.000000130. The number of Topliss-reactive ketones (excluding diaryl/α,β-unsaturated/α-hetero) is 1. The smallest absolute Gasteiger partial charge is 0.287 e. The molecule has 0 saturated heterocycles. The van der Waals surface area contributed by atoms with Crippen LogP contribution < -0.4 is 49.8 Å². The molecule has 1 aliphatic carbocycles. The molecule has 0 radical (unpaired) electrons. The highest BCUT2D eigenvalue weighted by Crippen LogP contribution is 2.25. The fourth-order valence-corrected chi connectivity index (χ4v) is 13.6. The van der Waals surface area contributed by atoms with Crippen molar-refractivity contribution in [3.8, 4) is 0 Å². The number of allylic oxidation sites excluding steroid dienone is 2. The maximum absolute atomic E-state index is 12.2. The van der Waals surface area contributed by atoms with E-state index in [4.69, 9.17) is 5.73 Å². The minimum Gasteiger partial charge on any atom is -0.382 e. The van der Waals surface area contributed by atoms with Crippen LogP contribution in [0.5, 0.6) is 0 Å². The lowest BCUT2D eigenvalue weighted by atomic mass is 10.1. The molecular weight excluding hydrogens is 1630 g/mol. The SMILES string of the molecule is C=C1Cn2c(nc3c(ncn3C(C)C)c2=O)N1.CC(C)n1ccc(=O)c2nccn21.CC(C)n1ccc(=O)n2ccnc12.CC(C)n1cnc2c(=O)n3ccnc3[nH]c21.CC(C)n1cnc2c(N)ncnc21.CC(C)n1cnc2c1C=CCC2=O.Cc1cc2c(ncn2C(C)C)c(=O)[nH]1.Cc1nc2c(ncn2C(C)C)c(=O)[nH]1.Cc1nc2c(nnn2C(C)C)c(=O)[nH]1. The maximum atomic E-state index is 12.2. The normalized spacial score (nSPS) is 12.2. The number of aryl methyl sites for hydroxylation is 3. The molecule has 2 aliphatic rings. The second-order valence-electron chi connectivity index (χ2n) is 32.4. The molecule has 0 saturated carbocycles. The lowest BCUT2D eigenvalue weighted by Gasteiger charge is -2.12. The first kappa shape index (κ1) is 90.9. The van der Waals surface area contributed by atoms with E-state index in [-0.39, 0.29) is 68.7 Å². The highest BCUT2D eigenvalue weighted by molar-refractivity contribution is 6.00. The summed E-state index contributed by atoms with van der Waals surface area (Å²) in [4.78, 5) is 161. The van der Waals surface area contributed by atoms with Crippen LogP contribution in [-0.2, 0) is 6.54 Å². The Bertz CT molecular complexity index is 7190. The molecule has 664 valence electrons. The second kappa shape index (κ2) is 38.2. The molecule has 18 aromatic heterocycles. The molecule has 0 aromatic carbocycles. The van der Waals surface area contributed by atoms with Crippen LogP contribution in [0.25, 0.3) is 90.1 Å². The number of fused-ring (bicyclic) bond motifs is 11. The van der Waals surface area contributed by atoms with Gasteiger partial charge in [-0.2, -0.15) is 4.98 Å². The number of anilines is 2. The van der Waals surface area contributed by atoms with E-state index in [9.17, 15) is 38.4 Å². The Morgan fingerprint density at radius 1 is 0.449 bits per heavy atom. The number of aromatic amines is 4. The van der Waals surface area contributed by atoms with Crippen LogP contribution in [0.4, 0.5) is 11.8 Å². The van der Waals surface area contributed by atoms with Crippen LogP contribution in [0, 0.1) is 20.8 Å². The highest BCUT2D eigenvalue weighted by atomic mass is 16.2. The van der Waals surface area contributed by atoms with Gasteiger partial charge in [0.25, 0.3) is 33.4 Å². The summed E-state index contributed by atoms with van der Waals surface area (Å²) in [6, 6.07) is 7.55. The molecule has 127 heavy (non-hydrogen) atoms. The number of nitrogens with one attached hydrogen (secondary N) is 5. The molecule has 0 spiro atoms. The van der Waals surface area contributed by atoms with Gasteiger partial charge < -0.3 is 63.0 Å². The predicted molar refractivity (Wildman–Crippen MR) is 485 cm³/mol. The van der Waals surface area contributed by atoms with Gasteiger partial charge in [0.2, 0.25) is 22.9 Å². The fourth-order valence-electron chi connectivity index (χ4n) is 13.6. The van der Waals surface area contributed by atoms with E-state index in [0.29, 0.717) is 140 Å². The van der Waals surface area contributed by atoms with Crippen LogP contribution in [0.2, 0.25) is 0 Å². The minimum atomic E-state index is -0.237. The van der Waals surface area contributed by atoms with E-state index in [1.165, 1.54) is 10.7 Å². The third-order valence-corrected chi connectivity index (χ3v) is 20.0. The summed E-state index contributed by atoms with van der Waals surface area (Å²) >= 11 is 0. The van der Waals surface area contributed by atoms with Gasteiger partial charge in [-0.1, -0.05) is 17.9 Å². The van der Waals surface area contributed by atoms with Crippen molar-refractivity contribution in [1.82, 2.24) is 159 Å². The number of hydrogen-bond acceptors (Lipinski definition) is 26. The minimum absolute atomic E-state index is 0.0376. The van der Waals surface area contributed by atoms with E-state index in [1.807, 2.05) is 117 Å². The van der Waals surface area contributed by atoms with Crippen LogP contribution in [-0.4, -0.2) is 165 Å². The number of rotatable bonds is 9. The lowest BCUT2D eigenvalue weighted by molar-refractivity contribution is 0.0990. The van der Waals surface area contributed by atoms with Crippen molar-refractivity contribution >= 4 is 108 Å². The van der Waals surface area contributed by atoms with Crippen molar-refractivity contribution in [3.05, 3.63) is 231 Å². The molecule has 0 unspecified atom stereocenters. The summed E-state index contributed by atoms with van der Waals surface area (Å²) in [5.41, 5.74) is 15.5. The van der Waals surface area contributed by atoms with Crippen molar-refractivity contribution in [2.75, 3.05) is 11.1 Å². The third-order valence-electron chi connectivity index (χ3n) is 20.0. The summed E-state index contributed by atoms with van der Waals surface area (Å²) in [7, 11) is 0. The number of ketones is 1. The number of pyridine rings is 1. The molecule has 7 N–H and O–H groups in total. The zero-order valence-corrected chi connectivity index (χ0v) is 74.7. The Labute approximate surface area is 723 Å². The number of hydrogen-bond donors (Lipinski definition) is 6. The molecule has 0 atom stereocenters. The van der Waals surface area contributed by atoms with Crippen molar-refractivity contribution < 1.29 is 4.79 Å². The monoisotopic (exact) mass is 1730 g/mol. The van der Waals surface area contributed by atoms with Crippen molar-refractivity contribution in [2.24, 2.45) is 0 Å². The van der Waals surface area contributed by atoms with E-state index >= 15 is 0 Å². The molecule has 1 aliphatic heterocycles. The van der Waals surface area contributed by atoms with Gasteiger partial charge in [-0.25, -0.2) is 78.4 Å². The van der Waals surface area contributed by atoms with Crippen LogP contribution >= 0.6 is 0 Å². The van der Waals surface area contributed by atoms with Gasteiger partial charge in [-0.15, -0.1) is 5.10 Å². The van der Waals surface area contributed by atoms with E-state index in [0.717, 1.165) is 33.9 Å². The lowest BCUT2D eigenvalue weighted by Crippen LogP contribution is -2.19. The molecule has 19 heterocycles. The standard InChI is InChI=1S/C11H13N5O.C10H11N5O.C10H13N3O.C10H12N2O.C9H12N4O.2C9H11N3O.C8H11N5O.C8H11N5/c1-6(2)16-5-12-8-9(16)14-11-13-7(3)4-15(11)10(8)17;1-6(2)15-5-12-7-8(15)13-10-11-3-4-14(10)9(7)16;1-6(2)13-5-11-9-8(13)4-7(3)12-10(9)14;1-7(2)12-6-11-10-8(12)4-3-5-9(10)13;1-5(2)13-4-10-7-8(13)11-6(3)12-9(7)14;1-7(2)11-5-3-8(13)12-6-4-10-9(11)12;1-7(2)11-5-3-8(13)9-10-4-6-12(9)11;1-4(2)13-7-6(11-12-13)8(14)10-5(3)9-7;1-5(2)13-4-12-6-7(9)10-3-11-8(6)13/h5-6H,3-4H2,1-2H3,(H,13,14);3-6H,1-2H3,(H,11,13);4-6H,1-3H3,(H,12,14);3-4,6-7H,5H2,1-2H3;4-5H,1-3H3,(H,11,12,14);2*3-7H,1-2H3;4H,1-3H3,(H,9,10,14);3-5H,1-2H3,(H2,9,10,11). The fraction of sp³-hybridized carbons (Fsp3) is 0.381. The van der Waals surface area contributed by atoms with Crippen LogP contribution in [0.15, 0.2) is 164 Å². The Morgan fingerprint density at radius 3 is 1.65 bits per heavy atom. The largest absolute Gasteiger partial charge is 0.382 e. The number of nitrogen functional groups attached to an aromatic ring is 1. The van der Waals surface area contributed by atoms with Gasteiger partial charge in [0.15, 0.2) is 67.4 Å². The zero-order valence-electron chi connectivity index (χ0n) is 74.7. The first-order chi connectivity index (χ1) is 60.3. The molecule has 43 nitrogen and oxygen atoms in total. The number of carbonyl (C=O) groups is 1. The summed E-state index contributed by atoms with van der Waals surface area (Å²) < 4.78 is 23.6. The average molecular weight is 1730 g/mol. The highest BCUT2D eigenvalue weighted by Gasteiger charge is 2.24. The summed E-state index contributed by atoms with van der Waals surface area (Å²) in [6.45, 7) is 46.4. The predicted octanol–water partition coefficient (Wildman–Crippen LogP) is 10.3. The summed E-state index contributed by atoms with van der Waals surface area (Å²) in [5.74, 6) is 3.54. The summed E-state index contributed by atoms with van der Waals surface area (Å²) in [5, 5.41) is 10.7. The van der Waals surface area contributed by atoms with Gasteiger partial charge in [-0.05, 0) is 158 Å². The Morgan fingerprint density at radius 2 is 1.00 bits per heavy atom. The molecular formula is C84H105N35O8. The number of H-pyrrole nitrogens is 4. The van der Waals surface area contributed by atoms with Crippen LogP contribution in [0.1, 0.15) is 219 Å². The van der Waals surface area contributed by atoms with E-state index < -0.39 is 0 Å². The van der Waals surface area contributed by atoms with E-state index in [2.05, 4.69) is 181 Å². The third kappa shape index (κ3) is 19.4. The van der Waals surface area contributed by atoms with E-state index in [1.54, 1.807) is 132 Å².